The van der Waals surface area contributed by atoms with Gasteiger partial charge in [0, 0.05) is 37.3 Å². The minimum atomic E-state index is -4.64. The van der Waals surface area contributed by atoms with Crippen molar-refractivity contribution < 1.29 is 17.9 Å². The molecule has 7 heteroatoms. The van der Waals surface area contributed by atoms with E-state index in [4.69, 9.17) is 0 Å². The fraction of sp³-hybridized carbons (Fsp3) is 0.600. The number of ether oxygens (including phenoxy) is 1. The van der Waals surface area contributed by atoms with Crippen molar-refractivity contribution in [2.24, 2.45) is 0 Å². The quantitative estimate of drug-likeness (QED) is 0.916. The van der Waals surface area contributed by atoms with Gasteiger partial charge in [-0.15, -0.1) is 25.6 Å². The lowest BCUT2D eigenvalue weighted by Crippen LogP contribution is -2.35. The summed E-state index contributed by atoms with van der Waals surface area (Å²) in [7, 11) is 0. The number of rotatable bonds is 3. The summed E-state index contributed by atoms with van der Waals surface area (Å²) in [4.78, 5) is 2.22. The number of halogens is 4. The van der Waals surface area contributed by atoms with E-state index >= 15 is 0 Å². The minimum Gasteiger partial charge on any atom is -0.405 e. The van der Waals surface area contributed by atoms with Gasteiger partial charge >= 0.3 is 6.36 Å². The molecule has 1 aromatic rings. The second kappa shape index (κ2) is 7.06. The molecule has 0 spiro atoms. The second-order valence-electron chi connectivity index (χ2n) is 5.82. The van der Waals surface area contributed by atoms with Crippen molar-refractivity contribution in [3.05, 3.63) is 29.8 Å². The van der Waals surface area contributed by atoms with Crippen LogP contribution in [0.2, 0.25) is 0 Å². The van der Waals surface area contributed by atoms with E-state index < -0.39 is 6.36 Å². The highest BCUT2D eigenvalue weighted by atomic mass is 35.5. The maximum absolute atomic E-state index is 12.4. The topological polar surface area (TPSA) is 24.5 Å². The number of para-hydroxylation sites is 1. The Morgan fingerprint density at radius 2 is 1.86 bits per heavy atom. The Morgan fingerprint density at radius 1 is 1.14 bits per heavy atom. The van der Waals surface area contributed by atoms with E-state index in [0.717, 1.165) is 25.9 Å². The third-order valence-corrected chi connectivity index (χ3v) is 4.20. The molecule has 2 unspecified atom stereocenters. The maximum Gasteiger partial charge on any atom is 0.573 e. The average Bonchev–Trinajstić information content (AvgIpc) is 2.73. The molecule has 2 atom stereocenters. The van der Waals surface area contributed by atoms with E-state index in [0.29, 0.717) is 24.2 Å². The minimum absolute atomic E-state index is 0. The molecule has 1 aromatic carbocycles. The van der Waals surface area contributed by atoms with Crippen molar-refractivity contribution in [3.8, 4) is 5.75 Å². The lowest BCUT2D eigenvalue weighted by atomic mass is 10.1. The maximum atomic E-state index is 12.4. The molecule has 0 amide bonds. The second-order valence-corrected chi connectivity index (χ2v) is 5.82. The Labute approximate surface area is 134 Å². The number of nitrogens with zero attached hydrogens (tertiary/aromatic N) is 1. The fourth-order valence-electron chi connectivity index (χ4n) is 3.26. The summed E-state index contributed by atoms with van der Waals surface area (Å²) >= 11 is 0. The van der Waals surface area contributed by atoms with Crippen LogP contribution in [0.5, 0.6) is 5.75 Å². The SMILES string of the molecule is Cl.FC(F)(F)Oc1ccccc1CN1CCC2CCC(C1)N2. The monoisotopic (exact) mass is 336 g/mol. The van der Waals surface area contributed by atoms with Crippen molar-refractivity contribution in [1.82, 2.24) is 10.2 Å². The average molecular weight is 337 g/mol. The molecule has 2 saturated heterocycles. The van der Waals surface area contributed by atoms with Crippen LogP contribution < -0.4 is 10.1 Å². The number of nitrogens with one attached hydrogen (secondary N) is 1. The van der Waals surface area contributed by atoms with Gasteiger partial charge in [0.1, 0.15) is 5.75 Å². The Kier molecular flexibility index (Phi) is 5.58. The lowest BCUT2D eigenvalue weighted by molar-refractivity contribution is -0.275. The highest BCUT2D eigenvalue weighted by Gasteiger charge is 2.33. The first-order valence-electron chi connectivity index (χ1n) is 7.32. The van der Waals surface area contributed by atoms with Crippen LogP contribution in [0.15, 0.2) is 24.3 Å². The van der Waals surface area contributed by atoms with Gasteiger partial charge in [-0.05, 0) is 25.3 Å². The molecule has 3 nitrogen and oxygen atoms in total. The number of hydrogen-bond donors (Lipinski definition) is 1. The summed E-state index contributed by atoms with van der Waals surface area (Å²) in [6, 6.07) is 7.44. The van der Waals surface area contributed by atoms with Gasteiger partial charge < -0.3 is 10.1 Å². The molecule has 22 heavy (non-hydrogen) atoms. The van der Waals surface area contributed by atoms with Gasteiger partial charge in [-0.25, -0.2) is 0 Å². The Hall–Kier alpha value is -0.980. The number of hydrogen-bond acceptors (Lipinski definition) is 3. The Morgan fingerprint density at radius 3 is 2.64 bits per heavy atom. The number of likely N-dealkylation sites (tertiary alicyclic amines) is 1. The number of fused-ring (bicyclic) bond motifs is 2. The zero-order valence-electron chi connectivity index (χ0n) is 12.1. The standard InChI is InChI=1S/C15H19F3N2O.ClH/c16-15(17,18)21-14-4-2-1-3-11(14)9-20-8-7-12-5-6-13(10-20)19-12;/h1-4,12-13,19H,5-10H2;1H. The van der Waals surface area contributed by atoms with Gasteiger partial charge in [0.05, 0.1) is 0 Å². The normalized spacial score (nSPS) is 25.4. The van der Waals surface area contributed by atoms with Gasteiger partial charge in [0.25, 0.3) is 0 Å². The summed E-state index contributed by atoms with van der Waals surface area (Å²) in [6.07, 6.45) is -1.22. The fourth-order valence-corrected chi connectivity index (χ4v) is 3.26. The zero-order valence-corrected chi connectivity index (χ0v) is 12.9. The molecule has 2 bridgehead atoms. The van der Waals surface area contributed by atoms with E-state index in [2.05, 4.69) is 15.0 Å². The number of benzene rings is 1. The van der Waals surface area contributed by atoms with Crippen molar-refractivity contribution >= 4 is 12.4 Å². The summed E-state index contributed by atoms with van der Waals surface area (Å²) in [5, 5.41) is 3.57. The molecular formula is C15H20ClF3N2O. The van der Waals surface area contributed by atoms with Gasteiger partial charge in [-0.3, -0.25) is 4.90 Å². The van der Waals surface area contributed by atoms with Gasteiger partial charge in [0.2, 0.25) is 0 Å². The molecule has 2 fully saturated rings. The van der Waals surface area contributed by atoms with Crippen molar-refractivity contribution in [3.63, 3.8) is 0 Å². The first-order chi connectivity index (χ1) is 9.99. The largest absolute Gasteiger partial charge is 0.573 e. The van der Waals surface area contributed by atoms with E-state index in [-0.39, 0.29) is 18.2 Å². The van der Waals surface area contributed by atoms with Crippen LogP contribution in [-0.4, -0.2) is 36.4 Å². The van der Waals surface area contributed by atoms with Crippen LogP contribution in [0.25, 0.3) is 0 Å². The molecular weight excluding hydrogens is 317 g/mol. The lowest BCUT2D eigenvalue weighted by Gasteiger charge is -2.25. The van der Waals surface area contributed by atoms with E-state index in [1.807, 2.05) is 0 Å². The van der Waals surface area contributed by atoms with Crippen molar-refractivity contribution in [2.45, 2.75) is 44.3 Å². The third kappa shape index (κ3) is 4.51. The van der Waals surface area contributed by atoms with Crippen molar-refractivity contribution in [1.29, 1.82) is 0 Å². The molecule has 0 radical (unpaired) electrons. The molecule has 3 rings (SSSR count). The predicted octanol–water partition coefficient (Wildman–Crippen LogP) is 3.33. The van der Waals surface area contributed by atoms with E-state index in [1.165, 1.54) is 12.5 Å². The summed E-state index contributed by atoms with van der Waals surface area (Å²) in [6.45, 7) is 2.29. The zero-order chi connectivity index (χ0) is 14.9. The molecule has 2 heterocycles. The summed E-state index contributed by atoms with van der Waals surface area (Å²) in [5.41, 5.74) is 0.590. The smallest absolute Gasteiger partial charge is 0.405 e. The van der Waals surface area contributed by atoms with Crippen LogP contribution in [0.3, 0.4) is 0 Å². The number of alkyl halides is 3. The van der Waals surface area contributed by atoms with E-state index in [1.54, 1.807) is 18.2 Å². The van der Waals surface area contributed by atoms with Gasteiger partial charge in [0.15, 0.2) is 0 Å². The van der Waals surface area contributed by atoms with Crippen LogP contribution in [0.4, 0.5) is 13.2 Å². The van der Waals surface area contributed by atoms with Gasteiger partial charge in [-0.2, -0.15) is 0 Å². The predicted molar refractivity (Wildman–Crippen MR) is 80.2 cm³/mol. The Balaban J connectivity index is 0.00000176. The third-order valence-electron chi connectivity index (χ3n) is 4.20. The van der Waals surface area contributed by atoms with Crippen molar-refractivity contribution in [2.75, 3.05) is 13.1 Å². The summed E-state index contributed by atoms with van der Waals surface area (Å²) < 4.78 is 41.4. The van der Waals surface area contributed by atoms with Crippen LogP contribution in [0, 0.1) is 0 Å². The molecule has 0 aliphatic carbocycles. The van der Waals surface area contributed by atoms with Gasteiger partial charge in [-0.1, -0.05) is 18.2 Å². The molecule has 2 aliphatic rings. The molecule has 2 aliphatic heterocycles. The van der Waals surface area contributed by atoms with Crippen LogP contribution in [-0.2, 0) is 6.54 Å². The first kappa shape index (κ1) is 17.4. The molecule has 1 N–H and O–H groups in total. The molecule has 124 valence electrons. The Bertz CT molecular complexity index is 498. The van der Waals surface area contributed by atoms with Crippen LogP contribution in [0.1, 0.15) is 24.8 Å². The summed E-state index contributed by atoms with van der Waals surface area (Å²) in [5.74, 6) is -0.0904. The van der Waals surface area contributed by atoms with Crippen LogP contribution >= 0.6 is 12.4 Å². The molecule has 0 saturated carbocycles. The van der Waals surface area contributed by atoms with E-state index in [9.17, 15) is 13.2 Å². The highest BCUT2D eigenvalue weighted by Crippen LogP contribution is 2.28. The first-order valence-corrected chi connectivity index (χ1v) is 7.32. The molecule has 0 aromatic heterocycles. The highest BCUT2D eigenvalue weighted by molar-refractivity contribution is 5.85.